The highest BCUT2D eigenvalue weighted by atomic mass is 16.2. The van der Waals surface area contributed by atoms with Crippen LogP contribution in [0.4, 0.5) is 4.79 Å². The minimum atomic E-state index is -0.780. The van der Waals surface area contributed by atoms with E-state index in [0.717, 1.165) is 13.0 Å². The highest BCUT2D eigenvalue weighted by molar-refractivity contribution is 6.07. The molecule has 3 amide bonds. The van der Waals surface area contributed by atoms with Crippen molar-refractivity contribution in [1.82, 2.24) is 30.3 Å². The van der Waals surface area contributed by atoms with E-state index >= 15 is 0 Å². The maximum atomic E-state index is 12.6. The number of nitrogens with zero attached hydrogens (tertiary/aromatic N) is 4. The van der Waals surface area contributed by atoms with Gasteiger partial charge in [-0.2, -0.15) is 5.10 Å². The number of carbonyl (C=O) groups is 2. The van der Waals surface area contributed by atoms with Crippen molar-refractivity contribution in [2.24, 2.45) is 0 Å². The van der Waals surface area contributed by atoms with Crippen LogP contribution < -0.4 is 10.6 Å². The Balaban J connectivity index is 1.81. The van der Waals surface area contributed by atoms with Crippen LogP contribution in [0.2, 0.25) is 0 Å². The lowest BCUT2D eigenvalue weighted by Gasteiger charge is -2.31. The Hall–Kier alpha value is -1.96. The summed E-state index contributed by atoms with van der Waals surface area (Å²) in [6.07, 6.45) is 3.01. The Kier molecular flexibility index (Phi) is 3.40. The van der Waals surface area contributed by atoms with Crippen molar-refractivity contribution >= 4 is 11.9 Å². The SMILES string of the molecule is CC(C)n1ncnc1CN1C(=O)NC2(CCCNC2)C1=O. The van der Waals surface area contributed by atoms with E-state index in [1.165, 1.54) is 11.2 Å². The smallest absolute Gasteiger partial charge is 0.322 e. The number of piperidine rings is 1. The van der Waals surface area contributed by atoms with Gasteiger partial charge in [0, 0.05) is 12.6 Å². The van der Waals surface area contributed by atoms with E-state index in [1.54, 1.807) is 4.68 Å². The molecule has 21 heavy (non-hydrogen) atoms. The average molecular weight is 292 g/mol. The Bertz CT molecular complexity index is 561. The zero-order valence-electron chi connectivity index (χ0n) is 12.3. The van der Waals surface area contributed by atoms with Crippen molar-refractivity contribution in [3.8, 4) is 0 Å². The molecule has 8 nitrogen and oxygen atoms in total. The second-order valence-corrected chi connectivity index (χ2v) is 5.90. The molecule has 2 fully saturated rings. The summed E-state index contributed by atoms with van der Waals surface area (Å²) < 4.78 is 1.73. The van der Waals surface area contributed by atoms with Crippen LogP contribution in [0.15, 0.2) is 6.33 Å². The Labute approximate surface area is 122 Å². The van der Waals surface area contributed by atoms with Crippen molar-refractivity contribution in [3.63, 3.8) is 0 Å². The van der Waals surface area contributed by atoms with Gasteiger partial charge in [0.2, 0.25) is 0 Å². The highest BCUT2D eigenvalue weighted by Crippen LogP contribution is 2.26. The number of hydrogen-bond acceptors (Lipinski definition) is 5. The lowest BCUT2D eigenvalue weighted by molar-refractivity contribution is -0.132. The van der Waals surface area contributed by atoms with Crippen molar-refractivity contribution < 1.29 is 9.59 Å². The van der Waals surface area contributed by atoms with Gasteiger partial charge in [0.25, 0.3) is 5.91 Å². The monoisotopic (exact) mass is 292 g/mol. The van der Waals surface area contributed by atoms with Crippen molar-refractivity contribution in [2.45, 2.75) is 44.8 Å². The largest absolute Gasteiger partial charge is 0.325 e. The molecule has 2 saturated heterocycles. The molecule has 1 unspecified atom stereocenters. The molecule has 0 saturated carbocycles. The molecule has 2 aliphatic rings. The minimum Gasteiger partial charge on any atom is -0.322 e. The van der Waals surface area contributed by atoms with Crippen LogP contribution in [0.3, 0.4) is 0 Å². The van der Waals surface area contributed by atoms with E-state index in [0.29, 0.717) is 18.8 Å². The van der Waals surface area contributed by atoms with Gasteiger partial charge in [0.15, 0.2) is 0 Å². The molecule has 8 heteroatoms. The zero-order valence-corrected chi connectivity index (χ0v) is 12.3. The standard InChI is InChI=1S/C13H20N6O2/c1-9(2)19-10(15-8-16-19)6-18-11(20)13(17-12(18)21)4-3-5-14-7-13/h8-9,14H,3-7H2,1-2H3,(H,17,21). The maximum Gasteiger partial charge on any atom is 0.325 e. The quantitative estimate of drug-likeness (QED) is 0.767. The van der Waals surface area contributed by atoms with Gasteiger partial charge in [-0.1, -0.05) is 0 Å². The van der Waals surface area contributed by atoms with Crippen LogP contribution in [0.1, 0.15) is 38.6 Å². The Morgan fingerprint density at radius 2 is 2.24 bits per heavy atom. The Morgan fingerprint density at radius 3 is 2.90 bits per heavy atom. The van der Waals surface area contributed by atoms with Crippen LogP contribution in [-0.2, 0) is 11.3 Å². The fourth-order valence-electron chi connectivity index (χ4n) is 2.97. The molecule has 1 aromatic heterocycles. The first kappa shape index (κ1) is 14.0. The van der Waals surface area contributed by atoms with Crippen LogP contribution in [0.5, 0.6) is 0 Å². The molecule has 0 aliphatic carbocycles. The normalized spacial score (nSPS) is 26.0. The molecular weight excluding hydrogens is 272 g/mol. The van der Waals surface area contributed by atoms with Gasteiger partial charge < -0.3 is 10.6 Å². The van der Waals surface area contributed by atoms with Crippen LogP contribution in [-0.4, -0.2) is 50.2 Å². The second kappa shape index (κ2) is 5.10. The third-order valence-electron chi connectivity index (χ3n) is 4.07. The second-order valence-electron chi connectivity index (χ2n) is 5.90. The number of rotatable bonds is 3. The third-order valence-corrected chi connectivity index (χ3v) is 4.07. The number of imide groups is 1. The maximum absolute atomic E-state index is 12.6. The molecule has 1 aromatic rings. The lowest BCUT2D eigenvalue weighted by atomic mass is 9.90. The molecule has 1 atom stereocenters. The number of aromatic nitrogens is 3. The third kappa shape index (κ3) is 2.29. The predicted octanol–water partition coefficient (Wildman–Crippen LogP) is 0.0330. The lowest BCUT2D eigenvalue weighted by Crippen LogP contribution is -2.57. The first-order valence-corrected chi connectivity index (χ1v) is 7.27. The van der Waals surface area contributed by atoms with E-state index < -0.39 is 5.54 Å². The molecule has 2 N–H and O–H groups in total. The number of nitrogens with one attached hydrogen (secondary N) is 2. The van der Waals surface area contributed by atoms with Crippen molar-refractivity contribution in [3.05, 3.63) is 12.2 Å². The molecule has 0 radical (unpaired) electrons. The summed E-state index contributed by atoms with van der Waals surface area (Å²) in [7, 11) is 0. The van der Waals surface area contributed by atoms with Crippen molar-refractivity contribution in [2.75, 3.05) is 13.1 Å². The van der Waals surface area contributed by atoms with Crippen LogP contribution >= 0.6 is 0 Å². The van der Waals surface area contributed by atoms with Gasteiger partial charge in [-0.25, -0.2) is 14.5 Å². The molecule has 114 valence electrons. The summed E-state index contributed by atoms with van der Waals surface area (Å²) in [4.78, 5) is 30.2. The van der Waals surface area contributed by atoms with Crippen LogP contribution in [0.25, 0.3) is 0 Å². The minimum absolute atomic E-state index is 0.133. The van der Waals surface area contributed by atoms with Gasteiger partial charge in [-0.05, 0) is 33.2 Å². The summed E-state index contributed by atoms with van der Waals surface area (Å²) in [5.74, 6) is 0.451. The van der Waals surface area contributed by atoms with Gasteiger partial charge in [0.05, 0.1) is 6.54 Å². The topological polar surface area (TPSA) is 92.2 Å². The fourth-order valence-corrected chi connectivity index (χ4v) is 2.97. The highest BCUT2D eigenvalue weighted by Gasteiger charge is 2.51. The summed E-state index contributed by atoms with van der Waals surface area (Å²) >= 11 is 0. The Morgan fingerprint density at radius 1 is 1.43 bits per heavy atom. The van der Waals surface area contributed by atoms with E-state index in [2.05, 4.69) is 20.7 Å². The van der Waals surface area contributed by atoms with Gasteiger partial charge in [-0.15, -0.1) is 0 Å². The molecule has 2 aliphatic heterocycles. The summed E-state index contributed by atoms with van der Waals surface area (Å²) in [5, 5.41) is 10.2. The first-order chi connectivity index (χ1) is 10.0. The van der Waals surface area contributed by atoms with Crippen molar-refractivity contribution in [1.29, 1.82) is 0 Å². The van der Waals surface area contributed by atoms with E-state index in [9.17, 15) is 9.59 Å². The molecule has 3 rings (SSSR count). The first-order valence-electron chi connectivity index (χ1n) is 7.27. The molecule has 3 heterocycles. The number of urea groups is 1. The number of hydrogen-bond donors (Lipinski definition) is 2. The molecule has 0 aromatic carbocycles. The molecule has 0 bridgehead atoms. The summed E-state index contributed by atoms with van der Waals surface area (Å²) in [5.41, 5.74) is -0.780. The number of carbonyl (C=O) groups excluding carboxylic acids is 2. The molecule has 1 spiro atoms. The summed E-state index contributed by atoms with van der Waals surface area (Å²) in [6, 6.07) is -0.212. The zero-order chi connectivity index (χ0) is 15.0. The van der Waals surface area contributed by atoms with Gasteiger partial charge in [-0.3, -0.25) is 9.69 Å². The summed E-state index contributed by atoms with van der Waals surface area (Å²) in [6.45, 7) is 5.50. The number of amides is 3. The fraction of sp³-hybridized carbons (Fsp3) is 0.692. The van der Waals surface area contributed by atoms with E-state index in [-0.39, 0.29) is 24.5 Å². The van der Waals surface area contributed by atoms with Crippen LogP contribution in [0, 0.1) is 0 Å². The average Bonchev–Trinajstić information content (AvgIpc) is 3.00. The van der Waals surface area contributed by atoms with Gasteiger partial charge in [0.1, 0.15) is 17.7 Å². The van der Waals surface area contributed by atoms with Gasteiger partial charge >= 0.3 is 6.03 Å². The molecular formula is C13H20N6O2. The van der Waals surface area contributed by atoms with E-state index in [1.807, 2.05) is 13.8 Å². The predicted molar refractivity (Wildman–Crippen MR) is 74.3 cm³/mol. The van der Waals surface area contributed by atoms with E-state index in [4.69, 9.17) is 0 Å².